The van der Waals surface area contributed by atoms with Gasteiger partial charge in [-0.25, -0.2) is 9.97 Å². The summed E-state index contributed by atoms with van der Waals surface area (Å²) in [6.45, 7) is 0.808. The topological polar surface area (TPSA) is 77.2 Å². The maximum atomic E-state index is 12.8. The third-order valence-electron chi connectivity index (χ3n) is 4.26. The molecule has 4 aromatic rings. The summed E-state index contributed by atoms with van der Waals surface area (Å²) in [6, 6.07) is 9.26. The minimum Gasteiger partial charge on any atom is -0.461 e. The number of halogens is 2. The first-order chi connectivity index (χ1) is 13.9. The standard InChI is InChI=1S/C20H15F2N3O3S/c1-10-15-11(2)23-17(14-4-3-9-27-14)25-19(15)29-16(10)18(26)24-12-5-7-13(8-6-12)28-20(21)22/h3-9,20H,1-2H3,(H,24,26). The summed E-state index contributed by atoms with van der Waals surface area (Å²) in [6.07, 6.45) is 1.55. The Balaban J connectivity index is 1.62. The van der Waals surface area contributed by atoms with E-state index in [2.05, 4.69) is 20.0 Å². The van der Waals surface area contributed by atoms with E-state index in [-0.39, 0.29) is 11.7 Å². The fourth-order valence-corrected chi connectivity index (χ4v) is 4.11. The number of aryl methyl sites for hydroxylation is 2. The lowest BCUT2D eigenvalue weighted by molar-refractivity contribution is -0.0498. The van der Waals surface area contributed by atoms with Gasteiger partial charge in [0.25, 0.3) is 5.91 Å². The second-order valence-electron chi connectivity index (χ2n) is 6.20. The van der Waals surface area contributed by atoms with Crippen molar-refractivity contribution in [2.24, 2.45) is 0 Å². The molecule has 9 heteroatoms. The van der Waals surface area contributed by atoms with Gasteiger partial charge >= 0.3 is 6.61 Å². The van der Waals surface area contributed by atoms with E-state index >= 15 is 0 Å². The van der Waals surface area contributed by atoms with Crippen LogP contribution in [-0.4, -0.2) is 22.5 Å². The minimum absolute atomic E-state index is 0.0207. The molecular weight excluding hydrogens is 400 g/mol. The number of carbonyl (C=O) groups excluding carboxylic acids is 1. The number of anilines is 1. The molecule has 0 saturated heterocycles. The lowest BCUT2D eigenvalue weighted by Crippen LogP contribution is -2.11. The number of fused-ring (bicyclic) bond motifs is 1. The lowest BCUT2D eigenvalue weighted by Gasteiger charge is -2.07. The Bertz CT molecular complexity index is 1170. The average Bonchev–Trinajstić information content (AvgIpc) is 3.31. The van der Waals surface area contributed by atoms with Gasteiger partial charge < -0.3 is 14.5 Å². The molecule has 1 aromatic carbocycles. The molecule has 0 radical (unpaired) electrons. The summed E-state index contributed by atoms with van der Waals surface area (Å²) in [4.78, 5) is 23.0. The van der Waals surface area contributed by atoms with Gasteiger partial charge in [0, 0.05) is 11.1 Å². The molecular formula is C20H15F2N3O3S. The number of rotatable bonds is 5. The van der Waals surface area contributed by atoms with Gasteiger partial charge in [0.2, 0.25) is 0 Å². The molecule has 0 spiro atoms. The Morgan fingerprint density at radius 1 is 1.17 bits per heavy atom. The number of alkyl halides is 2. The second-order valence-corrected chi connectivity index (χ2v) is 7.20. The third kappa shape index (κ3) is 3.81. The van der Waals surface area contributed by atoms with Crippen LogP contribution in [0.5, 0.6) is 5.75 Å². The SMILES string of the molecule is Cc1nc(-c2ccco2)nc2sc(C(=O)Nc3ccc(OC(F)F)cc3)c(C)c12. The van der Waals surface area contributed by atoms with Crippen molar-refractivity contribution in [2.45, 2.75) is 20.5 Å². The van der Waals surface area contributed by atoms with Crippen molar-refractivity contribution < 1.29 is 22.7 Å². The number of nitrogens with zero attached hydrogens (tertiary/aromatic N) is 2. The molecule has 0 bridgehead atoms. The van der Waals surface area contributed by atoms with Gasteiger partial charge in [0.05, 0.1) is 16.8 Å². The Hall–Kier alpha value is -3.33. The molecule has 4 rings (SSSR count). The molecule has 3 heterocycles. The highest BCUT2D eigenvalue weighted by Crippen LogP contribution is 2.33. The number of amides is 1. The highest BCUT2D eigenvalue weighted by molar-refractivity contribution is 7.20. The predicted molar refractivity (Wildman–Crippen MR) is 106 cm³/mol. The third-order valence-corrected chi connectivity index (χ3v) is 5.44. The van der Waals surface area contributed by atoms with E-state index in [1.165, 1.54) is 35.6 Å². The van der Waals surface area contributed by atoms with Crippen LogP contribution in [0.2, 0.25) is 0 Å². The summed E-state index contributed by atoms with van der Waals surface area (Å²) in [7, 11) is 0. The van der Waals surface area contributed by atoms with Crippen molar-refractivity contribution in [3.8, 4) is 17.3 Å². The smallest absolute Gasteiger partial charge is 0.387 e. The van der Waals surface area contributed by atoms with Gasteiger partial charge in [-0.3, -0.25) is 4.79 Å². The van der Waals surface area contributed by atoms with Gasteiger partial charge in [0.15, 0.2) is 11.6 Å². The minimum atomic E-state index is -2.90. The molecule has 0 aliphatic heterocycles. The number of aromatic nitrogens is 2. The fourth-order valence-electron chi connectivity index (χ4n) is 2.98. The van der Waals surface area contributed by atoms with E-state index in [1.807, 2.05) is 13.8 Å². The summed E-state index contributed by atoms with van der Waals surface area (Å²) in [5, 5.41) is 3.59. The lowest BCUT2D eigenvalue weighted by atomic mass is 10.1. The van der Waals surface area contributed by atoms with Crippen LogP contribution in [0.15, 0.2) is 47.1 Å². The summed E-state index contributed by atoms with van der Waals surface area (Å²) in [5.74, 6) is 0.723. The van der Waals surface area contributed by atoms with Gasteiger partial charge in [-0.1, -0.05) is 0 Å². The zero-order valence-electron chi connectivity index (χ0n) is 15.4. The monoisotopic (exact) mass is 415 g/mol. The van der Waals surface area contributed by atoms with Crippen LogP contribution in [0.4, 0.5) is 14.5 Å². The fraction of sp³-hybridized carbons (Fsp3) is 0.150. The Kier molecular flexibility index (Phi) is 4.98. The number of carbonyl (C=O) groups is 1. The van der Waals surface area contributed by atoms with Crippen molar-refractivity contribution in [2.75, 3.05) is 5.32 Å². The average molecular weight is 415 g/mol. The molecule has 0 aliphatic carbocycles. The van der Waals surface area contributed by atoms with Crippen LogP contribution in [0.1, 0.15) is 20.9 Å². The molecule has 6 nitrogen and oxygen atoms in total. The summed E-state index contributed by atoms with van der Waals surface area (Å²) >= 11 is 1.26. The molecule has 0 fully saturated rings. The number of hydrogen-bond acceptors (Lipinski definition) is 6. The van der Waals surface area contributed by atoms with E-state index in [0.717, 1.165) is 16.6 Å². The van der Waals surface area contributed by atoms with Crippen LogP contribution >= 0.6 is 11.3 Å². The highest BCUT2D eigenvalue weighted by atomic mass is 32.1. The van der Waals surface area contributed by atoms with Crippen LogP contribution in [0.3, 0.4) is 0 Å². The van der Waals surface area contributed by atoms with Gasteiger partial charge in [-0.15, -0.1) is 11.3 Å². The van der Waals surface area contributed by atoms with Crippen molar-refractivity contribution in [3.05, 3.63) is 58.8 Å². The molecule has 1 amide bonds. The van der Waals surface area contributed by atoms with Gasteiger partial charge in [-0.2, -0.15) is 8.78 Å². The number of nitrogens with one attached hydrogen (secondary N) is 1. The highest BCUT2D eigenvalue weighted by Gasteiger charge is 2.20. The molecule has 1 N–H and O–H groups in total. The number of benzene rings is 1. The van der Waals surface area contributed by atoms with E-state index in [1.54, 1.807) is 18.4 Å². The predicted octanol–water partition coefficient (Wildman–Crippen LogP) is 5.42. The molecule has 29 heavy (non-hydrogen) atoms. The van der Waals surface area contributed by atoms with Crippen LogP contribution < -0.4 is 10.1 Å². The normalized spacial score (nSPS) is 11.2. The number of ether oxygens (including phenoxy) is 1. The van der Waals surface area contributed by atoms with Crippen LogP contribution in [0, 0.1) is 13.8 Å². The first-order valence-electron chi connectivity index (χ1n) is 8.60. The van der Waals surface area contributed by atoms with Gasteiger partial charge in [0.1, 0.15) is 10.6 Å². The number of furan rings is 1. The first-order valence-corrected chi connectivity index (χ1v) is 9.42. The van der Waals surface area contributed by atoms with Crippen LogP contribution in [-0.2, 0) is 0 Å². The van der Waals surface area contributed by atoms with Crippen molar-refractivity contribution in [3.63, 3.8) is 0 Å². The Morgan fingerprint density at radius 2 is 1.93 bits per heavy atom. The number of hydrogen-bond donors (Lipinski definition) is 1. The van der Waals surface area contributed by atoms with E-state index in [0.29, 0.717) is 27.0 Å². The van der Waals surface area contributed by atoms with Crippen LogP contribution in [0.25, 0.3) is 21.8 Å². The quantitative estimate of drug-likeness (QED) is 0.471. The van der Waals surface area contributed by atoms with Crippen molar-refractivity contribution >= 4 is 33.1 Å². The maximum absolute atomic E-state index is 12.8. The number of thiophene rings is 1. The molecule has 3 aromatic heterocycles. The first kappa shape index (κ1) is 19.0. The van der Waals surface area contributed by atoms with E-state index < -0.39 is 6.61 Å². The molecule has 0 aliphatic rings. The maximum Gasteiger partial charge on any atom is 0.387 e. The van der Waals surface area contributed by atoms with Crippen molar-refractivity contribution in [1.82, 2.24) is 9.97 Å². The molecule has 0 unspecified atom stereocenters. The second kappa shape index (κ2) is 7.59. The molecule has 0 saturated carbocycles. The zero-order chi connectivity index (χ0) is 20.5. The molecule has 0 atom stereocenters. The van der Waals surface area contributed by atoms with Crippen molar-refractivity contribution in [1.29, 1.82) is 0 Å². The van der Waals surface area contributed by atoms with E-state index in [4.69, 9.17) is 4.42 Å². The Morgan fingerprint density at radius 3 is 2.59 bits per heavy atom. The van der Waals surface area contributed by atoms with Gasteiger partial charge in [-0.05, 0) is 55.8 Å². The summed E-state index contributed by atoms with van der Waals surface area (Å²) < 4.78 is 34.2. The largest absolute Gasteiger partial charge is 0.461 e. The Labute approximate surface area is 168 Å². The zero-order valence-corrected chi connectivity index (χ0v) is 16.2. The van der Waals surface area contributed by atoms with E-state index in [9.17, 15) is 13.6 Å². The summed E-state index contributed by atoms with van der Waals surface area (Å²) in [5.41, 5.74) is 2.00. The molecule has 148 valence electrons.